The minimum absolute atomic E-state index is 0.0717. The summed E-state index contributed by atoms with van der Waals surface area (Å²) in [5, 5.41) is 9.32. The zero-order valence-corrected chi connectivity index (χ0v) is 12.6. The summed E-state index contributed by atoms with van der Waals surface area (Å²) in [5.41, 5.74) is 5.86. The Morgan fingerprint density at radius 3 is 2.35 bits per heavy atom. The van der Waals surface area contributed by atoms with E-state index < -0.39 is 0 Å². The van der Waals surface area contributed by atoms with Gasteiger partial charge in [-0.1, -0.05) is 32.1 Å². The first kappa shape index (κ1) is 15.8. The highest BCUT2D eigenvalue weighted by atomic mass is 16.3. The fraction of sp³-hybridized carbons (Fsp3) is 0.938. The number of amides is 1. The van der Waals surface area contributed by atoms with Crippen LogP contribution in [-0.4, -0.2) is 41.7 Å². The van der Waals surface area contributed by atoms with Gasteiger partial charge < -0.3 is 15.7 Å². The van der Waals surface area contributed by atoms with Crippen LogP contribution in [0, 0.1) is 11.8 Å². The molecule has 3 N–H and O–H groups in total. The highest BCUT2D eigenvalue weighted by Crippen LogP contribution is 2.33. The maximum absolute atomic E-state index is 12.9. The zero-order valence-electron chi connectivity index (χ0n) is 12.6. The summed E-state index contributed by atoms with van der Waals surface area (Å²) in [7, 11) is 0. The summed E-state index contributed by atoms with van der Waals surface area (Å²) in [4.78, 5) is 14.9. The number of carbonyl (C=O) groups is 1. The van der Waals surface area contributed by atoms with Gasteiger partial charge >= 0.3 is 0 Å². The maximum atomic E-state index is 12.9. The van der Waals surface area contributed by atoms with E-state index in [1.54, 1.807) is 0 Å². The second kappa shape index (κ2) is 7.99. The first-order valence-corrected chi connectivity index (χ1v) is 8.39. The Labute approximate surface area is 122 Å². The SMILES string of the molecule is NCC1CCCCC1C(=O)N(CCO)C1CCCCC1. The molecule has 0 bridgehead atoms. The van der Waals surface area contributed by atoms with Crippen molar-refractivity contribution in [3.8, 4) is 0 Å². The molecule has 2 unspecified atom stereocenters. The van der Waals surface area contributed by atoms with Crippen LogP contribution >= 0.6 is 0 Å². The fourth-order valence-electron chi connectivity index (χ4n) is 4.00. The predicted molar refractivity (Wildman–Crippen MR) is 80.2 cm³/mol. The van der Waals surface area contributed by atoms with Crippen LogP contribution < -0.4 is 5.73 Å². The molecule has 0 aromatic heterocycles. The Morgan fingerprint density at radius 1 is 1.05 bits per heavy atom. The van der Waals surface area contributed by atoms with Crippen molar-refractivity contribution in [2.45, 2.75) is 63.8 Å². The number of nitrogens with zero attached hydrogens (tertiary/aromatic N) is 1. The molecule has 0 radical (unpaired) electrons. The topological polar surface area (TPSA) is 66.6 Å². The van der Waals surface area contributed by atoms with Crippen molar-refractivity contribution in [3.63, 3.8) is 0 Å². The van der Waals surface area contributed by atoms with E-state index in [0.29, 0.717) is 25.0 Å². The molecular weight excluding hydrogens is 252 g/mol. The normalized spacial score (nSPS) is 28.3. The standard InChI is InChI=1S/C16H30N2O2/c17-12-13-6-4-5-9-15(13)16(20)18(10-11-19)14-7-2-1-3-8-14/h13-15,19H,1-12,17H2. The summed E-state index contributed by atoms with van der Waals surface area (Å²) >= 11 is 0. The molecule has 20 heavy (non-hydrogen) atoms. The van der Waals surface area contributed by atoms with E-state index in [1.807, 2.05) is 4.90 Å². The molecule has 4 heteroatoms. The lowest BCUT2D eigenvalue weighted by molar-refractivity contribution is -0.142. The summed E-state index contributed by atoms with van der Waals surface area (Å²) < 4.78 is 0. The second-order valence-corrected chi connectivity index (χ2v) is 6.43. The molecule has 2 rings (SSSR count). The predicted octanol–water partition coefficient (Wildman–Crippen LogP) is 1.91. The average molecular weight is 282 g/mol. The lowest BCUT2D eigenvalue weighted by atomic mass is 9.78. The molecule has 4 nitrogen and oxygen atoms in total. The van der Waals surface area contributed by atoms with E-state index in [4.69, 9.17) is 5.73 Å². The number of nitrogens with two attached hydrogens (primary N) is 1. The molecular formula is C16H30N2O2. The van der Waals surface area contributed by atoms with Gasteiger partial charge in [-0.15, -0.1) is 0 Å². The van der Waals surface area contributed by atoms with Crippen LogP contribution in [0.5, 0.6) is 0 Å². The molecule has 2 fully saturated rings. The van der Waals surface area contributed by atoms with Gasteiger partial charge in [0.15, 0.2) is 0 Å². The summed E-state index contributed by atoms with van der Waals surface area (Å²) in [5.74, 6) is 0.712. The fourth-order valence-corrected chi connectivity index (χ4v) is 4.00. The summed E-state index contributed by atoms with van der Waals surface area (Å²) in [6.07, 6.45) is 10.3. The van der Waals surface area contributed by atoms with Crippen LogP contribution in [0.4, 0.5) is 0 Å². The van der Waals surface area contributed by atoms with Gasteiger partial charge in [-0.3, -0.25) is 4.79 Å². The van der Waals surface area contributed by atoms with Gasteiger partial charge in [-0.05, 0) is 38.1 Å². The van der Waals surface area contributed by atoms with E-state index in [0.717, 1.165) is 32.1 Å². The van der Waals surface area contributed by atoms with Crippen molar-refractivity contribution >= 4 is 5.91 Å². The van der Waals surface area contributed by atoms with Gasteiger partial charge in [0.1, 0.15) is 0 Å². The molecule has 2 aliphatic rings. The number of carbonyl (C=O) groups excluding carboxylic acids is 1. The first-order chi connectivity index (χ1) is 9.77. The van der Waals surface area contributed by atoms with E-state index in [-0.39, 0.29) is 18.4 Å². The minimum atomic E-state index is 0.0717. The van der Waals surface area contributed by atoms with Crippen LogP contribution in [-0.2, 0) is 4.79 Å². The Bertz CT molecular complexity index is 303. The molecule has 2 atom stereocenters. The van der Waals surface area contributed by atoms with Crippen molar-refractivity contribution in [2.24, 2.45) is 17.6 Å². The zero-order chi connectivity index (χ0) is 14.4. The van der Waals surface area contributed by atoms with Crippen LogP contribution in [0.25, 0.3) is 0 Å². The monoisotopic (exact) mass is 282 g/mol. The smallest absolute Gasteiger partial charge is 0.226 e. The van der Waals surface area contributed by atoms with E-state index in [9.17, 15) is 9.90 Å². The van der Waals surface area contributed by atoms with Crippen molar-refractivity contribution in [2.75, 3.05) is 19.7 Å². The third-order valence-corrected chi connectivity index (χ3v) is 5.17. The summed E-state index contributed by atoms with van der Waals surface area (Å²) in [6.45, 7) is 1.19. The highest BCUT2D eigenvalue weighted by Gasteiger charge is 2.35. The third kappa shape index (κ3) is 3.73. The van der Waals surface area contributed by atoms with Crippen LogP contribution in [0.3, 0.4) is 0 Å². The van der Waals surface area contributed by atoms with Crippen LogP contribution in [0.1, 0.15) is 57.8 Å². The van der Waals surface area contributed by atoms with Crippen LogP contribution in [0.2, 0.25) is 0 Å². The van der Waals surface area contributed by atoms with Gasteiger partial charge in [-0.2, -0.15) is 0 Å². The quantitative estimate of drug-likeness (QED) is 0.809. The summed E-state index contributed by atoms with van der Waals surface area (Å²) in [6, 6.07) is 0.351. The number of rotatable bonds is 5. The molecule has 0 aliphatic heterocycles. The first-order valence-electron chi connectivity index (χ1n) is 8.39. The molecule has 0 saturated heterocycles. The number of hydrogen-bond acceptors (Lipinski definition) is 3. The molecule has 2 saturated carbocycles. The maximum Gasteiger partial charge on any atom is 0.226 e. The lowest BCUT2D eigenvalue weighted by Crippen LogP contribution is -2.48. The van der Waals surface area contributed by atoms with Crippen molar-refractivity contribution in [1.29, 1.82) is 0 Å². The molecule has 0 aromatic carbocycles. The van der Waals surface area contributed by atoms with E-state index in [2.05, 4.69) is 0 Å². The number of aliphatic hydroxyl groups is 1. The van der Waals surface area contributed by atoms with Gasteiger partial charge in [0, 0.05) is 18.5 Å². The van der Waals surface area contributed by atoms with Gasteiger partial charge in [0.25, 0.3) is 0 Å². The van der Waals surface area contributed by atoms with E-state index >= 15 is 0 Å². The third-order valence-electron chi connectivity index (χ3n) is 5.17. The molecule has 0 aromatic rings. The van der Waals surface area contributed by atoms with Gasteiger partial charge in [-0.25, -0.2) is 0 Å². The molecule has 116 valence electrons. The van der Waals surface area contributed by atoms with Gasteiger partial charge in [0.2, 0.25) is 5.91 Å². The second-order valence-electron chi connectivity index (χ2n) is 6.43. The molecule has 0 spiro atoms. The minimum Gasteiger partial charge on any atom is -0.395 e. The van der Waals surface area contributed by atoms with Crippen molar-refractivity contribution < 1.29 is 9.90 Å². The Morgan fingerprint density at radius 2 is 1.70 bits per heavy atom. The number of aliphatic hydroxyl groups excluding tert-OH is 1. The van der Waals surface area contributed by atoms with Crippen molar-refractivity contribution in [3.05, 3.63) is 0 Å². The largest absolute Gasteiger partial charge is 0.395 e. The molecule has 2 aliphatic carbocycles. The molecule has 1 amide bonds. The van der Waals surface area contributed by atoms with E-state index in [1.165, 1.54) is 25.7 Å². The van der Waals surface area contributed by atoms with Gasteiger partial charge in [0.05, 0.1) is 6.61 Å². The van der Waals surface area contributed by atoms with Crippen molar-refractivity contribution in [1.82, 2.24) is 4.90 Å². The Balaban J connectivity index is 2.04. The Hall–Kier alpha value is -0.610. The lowest BCUT2D eigenvalue weighted by Gasteiger charge is -2.39. The molecule has 0 heterocycles. The number of hydrogen-bond donors (Lipinski definition) is 2. The van der Waals surface area contributed by atoms with Crippen LogP contribution in [0.15, 0.2) is 0 Å². The average Bonchev–Trinajstić information content (AvgIpc) is 2.52. The highest BCUT2D eigenvalue weighted by molar-refractivity contribution is 5.79. The Kier molecular flexibility index (Phi) is 6.30.